The van der Waals surface area contributed by atoms with Gasteiger partial charge >= 0.3 is 6.18 Å². The van der Waals surface area contributed by atoms with Gasteiger partial charge in [0.25, 0.3) is 5.56 Å². The third kappa shape index (κ3) is 3.57. The Balaban J connectivity index is 2.09. The van der Waals surface area contributed by atoms with Gasteiger partial charge in [-0.3, -0.25) is 13.6 Å². The van der Waals surface area contributed by atoms with Crippen LogP contribution < -0.4 is 5.56 Å². The van der Waals surface area contributed by atoms with Gasteiger partial charge in [-0.2, -0.15) is 18.3 Å². The zero-order chi connectivity index (χ0) is 19.9. The molecule has 10 heteroatoms. The number of pyridine rings is 1. The number of aryl methyl sites for hydroxylation is 1. The van der Waals surface area contributed by atoms with E-state index in [9.17, 15) is 22.2 Å². The lowest BCUT2D eigenvalue weighted by Gasteiger charge is -2.13. The standard InChI is InChI=1S/C17H13ClF3N3O2S/c1-10-7-8-23(16(25)14(10)18)11-3-5-12(6-4-11)24-15(17(19,20)21)13(9-22-24)27(2)26/h3-9H,1-2H3. The van der Waals surface area contributed by atoms with E-state index in [1.807, 2.05) is 0 Å². The van der Waals surface area contributed by atoms with Crippen LogP contribution in [-0.2, 0) is 17.0 Å². The van der Waals surface area contributed by atoms with Crippen molar-refractivity contribution in [2.24, 2.45) is 0 Å². The Kier molecular flexibility index (Phi) is 5.00. The molecule has 0 aliphatic carbocycles. The summed E-state index contributed by atoms with van der Waals surface area (Å²) >= 11 is 5.96. The predicted octanol–water partition coefficient (Wildman–Crippen LogP) is 3.74. The van der Waals surface area contributed by atoms with Crippen molar-refractivity contribution in [1.82, 2.24) is 14.3 Å². The molecule has 0 spiro atoms. The van der Waals surface area contributed by atoms with E-state index < -0.39 is 33.1 Å². The lowest BCUT2D eigenvalue weighted by molar-refractivity contribution is -0.145. The van der Waals surface area contributed by atoms with Crippen molar-refractivity contribution in [1.29, 1.82) is 0 Å². The molecule has 0 bridgehead atoms. The van der Waals surface area contributed by atoms with Crippen molar-refractivity contribution >= 4 is 22.4 Å². The molecule has 1 aromatic carbocycles. The molecule has 0 amide bonds. The average molecular weight is 416 g/mol. The largest absolute Gasteiger partial charge is 0.434 e. The highest BCUT2D eigenvalue weighted by Gasteiger charge is 2.39. The highest BCUT2D eigenvalue weighted by molar-refractivity contribution is 7.84. The molecule has 0 radical (unpaired) electrons. The molecule has 0 aliphatic heterocycles. The van der Waals surface area contributed by atoms with E-state index in [1.165, 1.54) is 35.0 Å². The van der Waals surface area contributed by atoms with Crippen LogP contribution in [0.2, 0.25) is 5.02 Å². The van der Waals surface area contributed by atoms with Crippen LogP contribution in [0.3, 0.4) is 0 Å². The molecular weight excluding hydrogens is 403 g/mol. The number of halogens is 4. The molecule has 1 unspecified atom stereocenters. The minimum Gasteiger partial charge on any atom is -0.283 e. The van der Waals surface area contributed by atoms with E-state index in [-0.39, 0.29) is 10.7 Å². The smallest absolute Gasteiger partial charge is 0.283 e. The van der Waals surface area contributed by atoms with Crippen LogP contribution in [-0.4, -0.2) is 24.8 Å². The van der Waals surface area contributed by atoms with Gasteiger partial charge in [0.2, 0.25) is 0 Å². The Morgan fingerprint density at radius 2 is 1.70 bits per heavy atom. The van der Waals surface area contributed by atoms with Crippen LogP contribution in [0, 0.1) is 6.92 Å². The summed E-state index contributed by atoms with van der Waals surface area (Å²) in [6.07, 6.45) is -1.09. The summed E-state index contributed by atoms with van der Waals surface area (Å²) < 4.78 is 53.8. The highest BCUT2D eigenvalue weighted by atomic mass is 35.5. The molecule has 2 heterocycles. The van der Waals surface area contributed by atoms with Gasteiger partial charge in [0, 0.05) is 18.1 Å². The first-order chi connectivity index (χ1) is 12.6. The summed E-state index contributed by atoms with van der Waals surface area (Å²) in [5.41, 5.74) is -0.338. The Labute approximate surface area is 159 Å². The van der Waals surface area contributed by atoms with Gasteiger partial charge in [-0.15, -0.1) is 0 Å². The first-order valence-electron chi connectivity index (χ1n) is 7.58. The lowest BCUT2D eigenvalue weighted by Crippen LogP contribution is -2.19. The Hall–Kier alpha value is -2.39. The molecule has 27 heavy (non-hydrogen) atoms. The molecule has 0 fully saturated rings. The van der Waals surface area contributed by atoms with Gasteiger partial charge < -0.3 is 0 Å². The van der Waals surface area contributed by atoms with Gasteiger partial charge in [-0.1, -0.05) is 11.6 Å². The maximum absolute atomic E-state index is 13.4. The number of benzene rings is 1. The molecule has 2 aromatic heterocycles. The summed E-state index contributed by atoms with van der Waals surface area (Å²) in [5.74, 6) is 0. The SMILES string of the molecule is Cc1ccn(-c2ccc(-n3ncc(S(C)=O)c3C(F)(F)F)cc2)c(=O)c1Cl. The summed E-state index contributed by atoms with van der Waals surface area (Å²) in [5, 5.41) is 3.81. The van der Waals surface area contributed by atoms with E-state index in [0.29, 0.717) is 15.9 Å². The maximum Gasteiger partial charge on any atom is 0.434 e. The van der Waals surface area contributed by atoms with E-state index >= 15 is 0 Å². The van der Waals surface area contributed by atoms with Gasteiger partial charge in [0.1, 0.15) is 5.02 Å². The number of alkyl halides is 3. The Morgan fingerprint density at radius 1 is 1.11 bits per heavy atom. The van der Waals surface area contributed by atoms with Crippen molar-refractivity contribution in [2.45, 2.75) is 18.0 Å². The topological polar surface area (TPSA) is 56.9 Å². The summed E-state index contributed by atoms with van der Waals surface area (Å²) in [6, 6.07) is 7.40. The second-order valence-electron chi connectivity index (χ2n) is 5.73. The number of aromatic nitrogens is 3. The number of rotatable bonds is 3. The number of hydrogen-bond acceptors (Lipinski definition) is 3. The van der Waals surface area contributed by atoms with Crippen LogP contribution in [0.5, 0.6) is 0 Å². The van der Waals surface area contributed by atoms with Crippen molar-refractivity contribution in [2.75, 3.05) is 6.26 Å². The zero-order valence-electron chi connectivity index (χ0n) is 14.1. The summed E-state index contributed by atoms with van der Waals surface area (Å²) in [4.78, 5) is 11.8. The quantitative estimate of drug-likeness (QED) is 0.654. The van der Waals surface area contributed by atoms with Crippen LogP contribution in [0.4, 0.5) is 13.2 Å². The highest BCUT2D eigenvalue weighted by Crippen LogP contribution is 2.34. The number of hydrogen-bond donors (Lipinski definition) is 0. The molecule has 142 valence electrons. The van der Waals surface area contributed by atoms with Crippen molar-refractivity contribution in [3.8, 4) is 11.4 Å². The average Bonchev–Trinajstić information content (AvgIpc) is 3.06. The van der Waals surface area contributed by atoms with E-state index in [0.717, 1.165) is 12.5 Å². The van der Waals surface area contributed by atoms with Gasteiger partial charge in [0.15, 0.2) is 5.69 Å². The fraction of sp³-hybridized carbons (Fsp3) is 0.176. The maximum atomic E-state index is 13.4. The first-order valence-corrected chi connectivity index (χ1v) is 9.52. The van der Waals surface area contributed by atoms with Crippen molar-refractivity contribution in [3.05, 3.63) is 69.4 Å². The molecule has 5 nitrogen and oxygen atoms in total. The Bertz CT molecular complexity index is 1090. The van der Waals surface area contributed by atoms with E-state index in [1.54, 1.807) is 13.0 Å². The summed E-state index contributed by atoms with van der Waals surface area (Å²) in [7, 11) is -1.85. The van der Waals surface area contributed by atoms with Gasteiger partial charge in [-0.25, -0.2) is 4.68 Å². The fourth-order valence-corrected chi connectivity index (χ4v) is 3.38. The summed E-state index contributed by atoms with van der Waals surface area (Å²) in [6.45, 7) is 1.70. The molecule has 0 saturated heterocycles. The van der Waals surface area contributed by atoms with E-state index in [2.05, 4.69) is 5.10 Å². The van der Waals surface area contributed by atoms with Crippen LogP contribution >= 0.6 is 11.6 Å². The van der Waals surface area contributed by atoms with E-state index in [4.69, 9.17) is 11.6 Å². The van der Waals surface area contributed by atoms with Gasteiger partial charge in [-0.05, 0) is 42.8 Å². The molecular formula is C17H13ClF3N3O2S. The third-order valence-corrected chi connectivity index (χ3v) is 5.29. The Morgan fingerprint density at radius 3 is 2.26 bits per heavy atom. The second-order valence-corrected chi connectivity index (χ2v) is 7.45. The molecule has 3 aromatic rings. The molecule has 0 aliphatic rings. The predicted molar refractivity (Wildman–Crippen MR) is 96.2 cm³/mol. The zero-order valence-corrected chi connectivity index (χ0v) is 15.7. The minimum absolute atomic E-state index is 0.0723. The van der Waals surface area contributed by atoms with Crippen LogP contribution in [0.1, 0.15) is 11.3 Å². The minimum atomic E-state index is -4.72. The molecule has 0 N–H and O–H groups in total. The second kappa shape index (κ2) is 6.97. The molecule has 0 saturated carbocycles. The third-order valence-electron chi connectivity index (χ3n) is 3.91. The van der Waals surface area contributed by atoms with Crippen LogP contribution in [0.25, 0.3) is 11.4 Å². The van der Waals surface area contributed by atoms with Crippen LogP contribution in [0.15, 0.2) is 52.4 Å². The van der Waals surface area contributed by atoms with Crippen molar-refractivity contribution < 1.29 is 17.4 Å². The van der Waals surface area contributed by atoms with Crippen molar-refractivity contribution in [3.63, 3.8) is 0 Å². The lowest BCUT2D eigenvalue weighted by atomic mass is 10.2. The van der Waals surface area contributed by atoms with Gasteiger partial charge in [0.05, 0.1) is 27.6 Å². The molecule has 1 atom stereocenters. The fourth-order valence-electron chi connectivity index (χ4n) is 2.56. The first kappa shape index (κ1) is 19.4. The monoisotopic (exact) mass is 415 g/mol. The normalized spacial score (nSPS) is 13.0. The number of nitrogens with zero attached hydrogens (tertiary/aromatic N) is 3. The molecule has 3 rings (SSSR count).